The maximum atomic E-state index is 12.7. The van der Waals surface area contributed by atoms with E-state index in [9.17, 15) is 13.2 Å². The van der Waals surface area contributed by atoms with Gasteiger partial charge in [0.1, 0.15) is 11.5 Å². The summed E-state index contributed by atoms with van der Waals surface area (Å²) in [5.41, 5.74) is 1.54. The van der Waals surface area contributed by atoms with E-state index in [1.54, 1.807) is 68.7 Å². The van der Waals surface area contributed by atoms with E-state index in [1.165, 1.54) is 12.1 Å². The molecule has 1 aromatic heterocycles. The van der Waals surface area contributed by atoms with Gasteiger partial charge in [-0.3, -0.25) is 9.78 Å². The van der Waals surface area contributed by atoms with Crippen molar-refractivity contribution in [2.24, 2.45) is 0 Å². The average molecular weight is 411 g/mol. The first-order chi connectivity index (χ1) is 13.9. The van der Waals surface area contributed by atoms with Crippen LogP contribution in [0.5, 0.6) is 11.5 Å². The molecular formula is C21H21N3O4S. The normalized spacial score (nSPS) is 11.1. The first kappa shape index (κ1) is 20.5. The highest BCUT2D eigenvalue weighted by Crippen LogP contribution is 2.23. The molecule has 0 unspecified atom stereocenters. The van der Waals surface area contributed by atoms with Gasteiger partial charge in [0.15, 0.2) is 0 Å². The van der Waals surface area contributed by atoms with Gasteiger partial charge in [-0.05, 0) is 61.0 Å². The molecular weight excluding hydrogens is 390 g/mol. The summed E-state index contributed by atoms with van der Waals surface area (Å²) in [7, 11) is -3.64. The van der Waals surface area contributed by atoms with Crippen LogP contribution in [0.1, 0.15) is 22.8 Å². The Kier molecular flexibility index (Phi) is 6.26. The van der Waals surface area contributed by atoms with Gasteiger partial charge >= 0.3 is 0 Å². The summed E-state index contributed by atoms with van der Waals surface area (Å²) >= 11 is 0. The number of nitrogens with one attached hydrogen (secondary N) is 2. The number of nitrogens with zero attached hydrogens (tertiary/aromatic N) is 1. The molecule has 0 spiro atoms. The summed E-state index contributed by atoms with van der Waals surface area (Å²) < 4.78 is 32.5. The molecule has 0 saturated heterocycles. The highest BCUT2D eigenvalue weighted by Gasteiger charge is 2.17. The molecule has 0 aliphatic rings. The molecule has 2 N–H and O–H groups in total. The first-order valence-electron chi connectivity index (χ1n) is 8.98. The number of hydrogen-bond acceptors (Lipinski definition) is 5. The summed E-state index contributed by atoms with van der Waals surface area (Å²) in [5.74, 6) is 0.883. The van der Waals surface area contributed by atoms with Crippen LogP contribution in [-0.4, -0.2) is 25.9 Å². The molecule has 0 saturated carbocycles. The van der Waals surface area contributed by atoms with Crippen LogP contribution in [0, 0.1) is 6.92 Å². The number of carbonyl (C=O) groups is 1. The molecule has 8 heteroatoms. The van der Waals surface area contributed by atoms with Gasteiger partial charge in [0, 0.05) is 30.2 Å². The van der Waals surface area contributed by atoms with Crippen molar-refractivity contribution in [3.63, 3.8) is 0 Å². The summed E-state index contributed by atoms with van der Waals surface area (Å²) in [6, 6.07) is 14.8. The van der Waals surface area contributed by atoms with Crippen LogP contribution in [0.2, 0.25) is 0 Å². The van der Waals surface area contributed by atoms with E-state index >= 15 is 0 Å². The van der Waals surface area contributed by atoms with Gasteiger partial charge in [-0.15, -0.1) is 0 Å². The van der Waals surface area contributed by atoms with Crippen molar-refractivity contribution in [2.75, 3.05) is 11.9 Å². The Morgan fingerprint density at radius 2 is 1.66 bits per heavy atom. The largest absolute Gasteiger partial charge is 0.457 e. The smallest absolute Gasteiger partial charge is 0.255 e. The molecule has 0 bridgehead atoms. The lowest BCUT2D eigenvalue weighted by Crippen LogP contribution is -2.24. The predicted molar refractivity (Wildman–Crippen MR) is 111 cm³/mol. The quantitative estimate of drug-likeness (QED) is 0.617. The lowest BCUT2D eigenvalue weighted by atomic mass is 10.1. The van der Waals surface area contributed by atoms with Crippen molar-refractivity contribution in [2.45, 2.75) is 18.7 Å². The van der Waals surface area contributed by atoms with Gasteiger partial charge in [0.05, 0.1) is 4.90 Å². The van der Waals surface area contributed by atoms with Crippen LogP contribution >= 0.6 is 0 Å². The van der Waals surface area contributed by atoms with Crippen molar-refractivity contribution < 1.29 is 17.9 Å². The third-order valence-electron chi connectivity index (χ3n) is 4.10. The van der Waals surface area contributed by atoms with E-state index < -0.39 is 10.0 Å². The minimum Gasteiger partial charge on any atom is -0.457 e. The fraction of sp³-hybridized carbons (Fsp3) is 0.143. The van der Waals surface area contributed by atoms with Gasteiger partial charge in [-0.1, -0.05) is 13.0 Å². The molecule has 150 valence electrons. The molecule has 0 fully saturated rings. The Morgan fingerprint density at radius 1 is 1.00 bits per heavy atom. The number of amides is 1. The van der Waals surface area contributed by atoms with Gasteiger partial charge < -0.3 is 10.1 Å². The third-order valence-corrected chi connectivity index (χ3v) is 5.64. The second-order valence-corrected chi connectivity index (χ2v) is 8.01. The average Bonchev–Trinajstić information content (AvgIpc) is 2.70. The summed E-state index contributed by atoms with van der Waals surface area (Å²) in [5, 5.41) is 2.78. The molecule has 0 atom stereocenters. The standard InChI is InChI=1S/C21H21N3O4S/c1-3-23-29(26,27)19-9-4-15(2)20(14-19)21(25)24-16-5-7-17(8-6-16)28-18-10-12-22-13-11-18/h4-14,23H,3H2,1-2H3,(H,24,25). The second-order valence-electron chi connectivity index (χ2n) is 6.24. The number of hydrogen-bond donors (Lipinski definition) is 2. The maximum absolute atomic E-state index is 12.7. The van der Waals surface area contributed by atoms with E-state index in [0.29, 0.717) is 28.3 Å². The fourth-order valence-electron chi connectivity index (χ4n) is 2.63. The molecule has 3 rings (SSSR count). The van der Waals surface area contributed by atoms with Crippen molar-refractivity contribution in [1.82, 2.24) is 9.71 Å². The highest BCUT2D eigenvalue weighted by molar-refractivity contribution is 7.89. The molecule has 0 aliphatic carbocycles. The summed E-state index contributed by atoms with van der Waals surface area (Å²) in [4.78, 5) is 16.7. The van der Waals surface area contributed by atoms with Gasteiger partial charge in [0.2, 0.25) is 10.0 Å². The van der Waals surface area contributed by atoms with Gasteiger partial charge in [-0.25, -0.2) is 13.1 Å². The van der Waals surface area contributed by atoms with E-state index in [-0.39, 0.29) is 17.3 Å². The molecule has 2 aromatic carbocycles. The molecule has 1 amide bonds. The fourth-order valence-corrected chi connectivity index (χ4v) is 3.70. The SMILES string of the molecule is CCNS(=O)(=O)c1ccc(C)c(C(=O)Nc2ccc(Oc3ccncc3)cc2)c1. The van der Waals surface area contributed by atoms with Crippen LogP contribution in [0.25, 0.3) is 0 Å². The number of rotatable bonds is 7. The highest BCUT2D eigenvalue weighted by atomic mass is 32.2. The molecule has 0 radical (unpaired) electrons. The van der Waals surface area contributed by atoms with Crippen molar-refractivity contribution in [3.8, 4) is 11.5 Å². The van der Waals surface area contributed by atoms with E-state index in [0.717, 1.165) is 0 Å². The lowest BCUT2D eigenvalue weighted by Gasteiger charge is -2.11. The van der Waals surface area contributed by atoms with E-state index in [1.807, 2.05) is 0 Å². The van der Waals surface area contributed by atoms with Crippen LogP contribution in [-0.2, 0) is 10.0 Å². The lowest BCUT2D eigenvalue weighted by molar-refractivity contribution is 0.102. The number of ether oxygens (including phenoxy) is 1. The molecule has 3 aromatic rings. The van der Waals surface area contributed by atoms with Crippen LogP contribution in [0.4, 0.5) is 5.69 Å². The maximum Gasteiger partial charge on any atom is 0.255 e. The number of anilines is 1. The Labute approximate surface area is 169 Å². The summed E-state index contributed by atoms with van der Waals surface area (Å²) in [6.07, 6.45) is 3.27. The van der Waals surface area contributed by atoms with Gasteiger partial charge in [0.25, 0.3) is 5.91 Å². The van der Waals surface area contributed by atoms with Gasteiger partial charge in [-0.2, -0.15) is 0 Å². The first-order valence-corrected chi connectivity index (χ1v) is 10.5. The Bertz CT molecular complexity index is 1100. The number of aromatic nitrogens is 1. The van der Waals surface area contributed by atoms with Crippen molar-refractivity contribution in [3.05, 3.63) is 78.1 Å². The Hall–Kier alpha value is -3.23. The van der Waals surface area contributed by atoms with Crippen LogP contribution < -0.4 is 14.8 Å². The minimum absolute atomic E-state index is 0.0520. The number of aryl methyl sites for hydroxylation is 1. The number of sulfonamides is 1. The number of benzene rings is 2. The Morgan fingerprint density at radius 3 is 2.31 bits per heavy atom. The Balaban J connectivity index is 1.75. The molecule has 1 heterocycles. The minimum atomic E-state index is -3.64. The second kappa shape index (κ2) is 8.85. The van der Waals surface area contributed by atoms with Crippen molar-refractivity contribution >= 4 is 21.6 Å². The monoisotopic (exact) mass is 411 g/mol. The van der Waals surface area contributed by atoms with Crippen LogP contribution in [0.3, 0.4) is 0 Å². The zero-order valence-corrected chi connectivity index (χ0v) is 16.9. The molecule has 0 aliphatic heterocycles. The van der Waals surface area contributed by atoms with E-state index in [2.05, 4.69) is 15.0 Å². The zero-order chi connectivity index (χ0) is 20.9. The van der Waals surface area contributed by atoms with Crippen LogP contribution in [0.15, 0.2) is 71.9 Å². The van der Waals surface area contributed by atoms with E-state index in [4.69, 9.17) is 4.74 Å². The molecule has 29 heavy (non-hydrogen) atoms. The topological polar surface area (TPSA) is 97.4 Å². The number of carbonyl (C=O) groups excluding carboxylic acids is 1. The molecule has 7 nitrogen and oxygen atoms in total. The zero-order valence-electron chi connectivity index (χ0n) is 16.0. The third kappa shape index (κ3) is 5.18. The summed E-state index contributed by atoms with van der Waals surface area (Å²) in [6.45, 7) is 3.72. The number of pyridine rings is 1. The van der Waals surface area contributed by atoms with Crippen molar-refractivity contribution in [1.29, 1.82) is 0 Å². The predicted octanol–water partition coefficient (Wildman–Crippen LogP) is 3.73.